The van der Waals surface area contributed by atoms with E-state index >= 15 is 0 Å². The normalized spacial score (nSPS) is 14.4. The van der Waals surface area contributed by atoms with Crippen molar-refractivity contribution in [3.05, 3.63) is 0 Å². The molecule has 0 aliphatic rings. The predicted molar refractivity (Wildman–Crippen MR) is 99.7 cm³/mol. The Morgan fingerprint density at radius 2 is 1.14 bits per heavy atom. The molecular formula is C17H37NaO9S. The molecule has 0 aliphatic carbocycles. The molecule has 0 bridgehead atoms. The van der Waals surface area contributed by atoms with Crippen LogP contribution in [0.15, 0.2) is 0 Å². The third-order valence-electron chi connectivity index (χ3n) is 3.89. The fraction of sp³-hybridized carbons (Fsp3) is 1.00. The molecule has 28 heavy (non-hydrogen) atoms. The molecule has 0 rings (SSSR count). The van der Waals surface area contributed by atoms with E-state index in [0.29, 0.717) is 6.42 Å². The maximum absolute atomic E-state index is 10.1. The minimum absolute atomic E-state index is 0. The first-order valence-electron chi connectivity index (χ1n) is 9.55. The molecule has 0 aromatic heterocycles. The van der Waals surface area contributed by atoms with E-state index in [1.807, 2.05) is 0 Å². The minimum Gasteiger partial charge on any atom is -0.726 e. The van der Waals surface area contributed by atoms with Crippen LogP contribution in [0.3, 0.4) is 0 Å². The predicted octanol–water partition coefficient (Wildman–Crippen LogP) is -2.56. The van der Waals surface area contributed by atoms with Crippen molar-refractivity contribution in [3.63, 3.8) is 0 Å². The van der Waals surface area contributed by atoms with Gasteiger partial charge in [-0.05, 0) is 6.42 Å². The van der Waals surface area contributed by atoms with Gasteiger partial charge in [-0.2, -0.15) is 0 Å². The first-order chi connectivity index (χ1) is 12.7. The van der Waals surface area contributed by atoms with Gasteiger partial charge in [-0.1, -0.05) is 64.7 Å². The molecule has 5 N–H and O–H groups in total. The standard InChI is InChI=1S/C12H26O4S.C5H12O5.Na/c1-2-3-4-5-6-7-8-9-10-11-12-16-17(13,14)15;6-1-3(8)5(10)4(9)2-7;/h2-12H2,1H3,(H,13,14,15);3-10H,1-2H2;/q;;+1/p-1/t;3-,4+,5+;. The van der Waals surface area contributed by atoms with Gasteiger partial charge in [0.2, 0.25) is 10.4 Å². The van der Waals surface area contributed by atoms with E-state index in [1.165, 1.54) is 44.9 Å². The smallest absolute Gasteiger partial charge is 0.726 e. The Kier molecular flexibility index (Phi) is 26.6. The van der Waals surface area contributed by atoms with Crippen LogP contribution in [-0.4, -0.2) is 76.6 Å². The van der Waals surface area contributed by atoms with E-state index in [1.54, 1.807) is 0 Å². The van der Waals surface area contributed by atoms with Gasteiger partial charge in [-0.3, -0.25) is 4.18 Å². The summed E-state index contributed by atoms with van der Waals surface area (Å²) in [7, 11) is -4.48. The molecule has 0 radical (unpaired) electrons. The Bertz CT molecular complexity index is 399. The van der Waals surface area contributed by atoms with Crippen LogP contribution in [0.4, 0.5) is 0 Å². The molecule has 0 aliphatic heterocycles. The van der Waals surface area contributed by atoms with Gasteiger partial charge in [-0.25, -0.2) is 8.42 Å². The molecule has 0 aromatic carbocycles. The fourth-order valence-electron chi connectivity index (χ4n) is 2.22. The Hall–Kier alpha value is 0.670. The Labute approximate surface area is 191 Å². The van der Waals surface area contributed by atoms with Gasteiger partial charge in [0.15, 0.2) is 0 Å². The first-order valence-corrected chi connectivity index (χ1v) is 10.9. The van der Waals surface area contributed by atoms with Crippen molar-refractivity contribution in [1.82, 2.24) is 0 Å². The maximum atomic E-state index is 10.1. The first kappa shape index (κ1) is 33.3. The summed E-state index contributed by atoms with van der Waals surface area (Å²) in [5.41, 5.74) is 0. The second-order valence-electron chi connectivity index (χ2n) is 6.40. The molecule has 11 heteroatoms. The molecule has 0 aromatic rings. The molecule has 0 saturated heterocycles. The zero-order chi connectivity index (χ0) is 21.1. The Morgan fingerprint density at radius 3 is 1.46 bits per heavy atom. The summed E-state index contributed by atoms with van der Waals surface area (Å²) in [6, 6.07) is 0. The van der Waals surface area contributed by atoms with Gasteiger partial charge < -0.3 is 30.1 Å². The van der Waals surface area contributed by atoms with E-state index in [4.69, 9.17) is 25.5 Å². The van der Waals surface area contributed by atoms with E-state index in [-0.39, 0.29) is 36.2 Å². The second kappa shape index (κ2) is 22.4. The summed E-state index contributed by atoms with van der Waals surface area (Å²) in [6.07, 6.45) is 7.41. The molecule has 0 heterocycles. The van der Waals surface area contributed by atoms with Gasteiger partial charge in [0.05, 0.1) is 19.8 Å². The summed E-state index contributed by atoms with van der Waals surface area (Å²) < 4.78 is 34.5. The van der Waals surface area contributed by atoms with Crippen molar-refractivity contribution in [2.24, 2.45) is 0 Å². The molecule has 9 nitrogen and oxygen atoms in total. The molecule has 166 valence electrons. The number of aliphatic hydroxyl groups excluding tert-OH is 5. The van der Waals surface area contributed by atoms with E-state index in [0.717, 1.165) is 12.8 Å². The van der Waals surface area contributed by atoms with Crippen LogP contribution in [0.1, 0.15) is 71.1 Å². The van der Waals surface area contributed by atoms with Crippen LogP contribution in [0.2, 0.25) is 0 Å². The molecule has 0 amide bonds. The zero-order valence-electron chi connectivity index (χ0n) is 17.2. The summed E-state index contributed by atoms with van der Waals surface area (Å²) in [5.74, 6) is 0. The van der Waals surface area contributed by atoms with E-state index in [2.05, 4.69) is 11.1 Å². The summed E-state index contributed by atoms with van der Waals surface area (Å²) >= 11 is 0. The molecule has 3 atom stereocenters. The number of hydrogen-bond donors (Lipinski definition) is 5. The average Bonchev–Trinajstić information content (AvgIpc) is 2.63. The number of rotatable bonds is 16. The Balaban J connectivity index is -0.000000489. The quantitative estimate of drug-likeness (QED) is 0.0750. The molecule has 0 fully saturated rings. The summed E-state index contributed by atoms with van der Waals surface area (Å²) in [6.45, 7) is 0.961. The average molecular weight is 441 g/mol. The van der Waals surface area contributed by atoms with Gasteiger partial charge in [0.1, 0.15) is 18.3 Å². The third kappa shape index (κ3) is 24.7. The molecule has 0 saturated carbocycles. The zero-order valence-corrected chi connectivity index (χ0v) is 20.0. The van der Waals surface area contributed by atoms with Crippen LogP contribution in [0, 0.1) is 0 Å². The van der Waals surface area contributed by atoms with Gasteiger partial charge in [0, 0.05) is 0 Å². The van der Waals surface area contributed by atoms with Crippen LogP contribution in [0.25, 0.3) is 0 Å². The van der Waals surface area contributed by atoms with Crippen molar-refractivity contribution in [2.75, 3.05) is 19.8 Å². The minimum atomic E-state index is -4.48. The fourth-order valence-corrected chi connectivity index (χ4v) is 2.54. The van der Waals surface area contributed by atoms with Crippen LogP contribution in [-0.2, 0) is 14.6 Å². The molecule has 0 unspecified atom stereocenters. The summed E-state index contributed by atoms with van der Waals surface area (Å²) in [5, 5.41) is 42.6. The largest absolute Gasteiger partial charge is 1.00 e. The van der Waals surface area contributed by atoms with Gasteiger partial charge in [0.25, 0.3) is 0 Å². The molecule has 0 spiro atoms. The second-order valence-corrected chi connectivity index (χ2v) is 7.45. The number of aliphatic hydroxyl groups is 5. The summed E-state index contributed by atoms with van der Waals surface area (Å²) in [4.78, 5) is 0. The van der Waals surface area contributed by atoms with Crippen molar-refractivity contribution in [1.29, 1.82) is 0 Å². The monoisotopic (exact) mass is 440 g/mol. The van der Waals surface area contributed by atoms with Gasteiger partial charge in [-0.15, -0.1) is 0 Å². The van der Waals surface area contributed by atoms with Gasteiger partial charge >= 0.3 is 29.6 Å². The van der Waals surface area contributed by atoms with E-state index in [9.17, 15) is 13.0 Å². The Morgan fingerprint density at radius 1 is 0.786 bits per heavy atom. The number of hydrogen-bond acceptors (Lipinski definition) is 9. The van der Waals surface area contributed by atoms with Crippen molar-refractivity contribution in [3.8, 4) is 0 Å². The topological polar surface area (TPSA) is 168 Å². The van der Waals surface area contributed by atoms with Crippen LogP contribution < -0.4 is 29.6 Å². The molecular weight excluding hydrogens is 403 g/mol. The van der Waals surface area contributed by atoms with Crippen molar-refractivity contribution >= 4 is 10.4 Å². The van der Waals surface area contributed by atoms with Crippen molar-refractivity contribution < 1.29 is 72.2 Å². The SMILES string of the molecule is CCCCCCCCCCCCOS(=O)(=O)[O-].OC[C@@H](O)[C@H](O)[C@@H](O)CO.[Na+]. The van der Waals surface area contributed by atoms with E-state index < -0.39 is 41.9 Å². The van der Waals surface area contributed by atoms with Crippen molar-refractivity contribution in [2.45, 2.75) is 89.4 Å². The van der Waals surface area contributed by atoms with Crippen LogP contribution in [0.5, 0.6) is 0 Å². The van der Waals surface area contributed by atoms with Crippen LogP contribution >= 0.6 is 0 Å². The third-order valence-corrected chi connectivity index (χ3v) is 4.34. The maximum Gasteiger partial charge on any atom is 1.00 e. The number of unbranched alkanes of at least 4 members (excludes halogenated alkanes) is 9.